The van der Waals surface area contributed by atoms with Gasteiger partial charge in [-0.25, -0.2) is 0 Å². The van der Waals surface area contributed by atoms with Crippen LogP contribution in [0.1, 0.15) is 75.8 Å². The molecule has 0 aromatic heterocycles. The number of ether oxygens (including phenoxy) is 3. The monoisotopic (exact) mass is 376 g/mol. The van der Waals surface area contributed by atoms with Crippen molar-refractivity contribution in [1.29, 1.82) is 0 Å². The molecule has 0 N–H and O–H groups in total. The third-order valence-corrected chi connectivity index (χ3v) is 5.49. The van der Waals surface area contributed by atoms with E-state index in [0.717, 1.165) is 31.2 Å². The molecule has 1 aromatic rings. The molecule has 0 radical (unpaired) electrons. The Hall–Kier alpha value is -1.16. The molecule has 0 aliphatic heterocycles. The van der Waals surface area contributed by atoms with Crippen LogP contribution in [0.2, 0.25) is 0 Å². The summed E-state index contributed by atoms with van der Waals surface area (Å²) in [6.07, 6.45) is 13.9. The van der Waals surface area contributed by atoms with Gasteiger partial charge in [0.25, 0.3) is 5.97 Å². The number of benzene rings is 1. The molecule has 1 aromatic carbocycles. The van der Waals surface area contributed by atoms with Crippen molar-refractivity contribution in [3.8, 4) is 0 Å². The van der Waals surface area contributed by atoms with Crippen LogP contribution in [-0.2, 0) is 20.6 Å². The first-order valence-electron chi connectivity index (χ1n) is 10.5. The van der Waals surface area contributed by atoms with Gasteiger partial charge in [0.15, 0.2) is 0 Å². The maximum Gasteiger partial charge on any atom is 0.285 e. The van der Waals surface area contributed by atoms with E-state index in [1.807, 2.05) is 6.08 Å². The molecule has 0 aliphatic carbocycles. The van der Waals surface area contributed by atoms with Gasteiger partial charge in [0, 0.05) is 27.2 Å². The van der Waals surface area contributed by atoms with Crippen LogP contribution in [0, 0.1) is 5.92 Å². The second-order valence-corrected chi connectivity index (χ2v) is 7.31. The summed E-state index contributed by atoms with van der Waals surface area (Å²) in [5.74, 6) is -0.702. The first kappa shape index (κ1) is 23.9. The van der Waals surface area contributed by atoms with Gasteiger partial charge in [-0.2, -0.15) is 0 Å². The lowest BCUT2D eigenvalue weighted by Gasteiger charge is -2.36. The Morgan fingerprint density at radius 1 is 0.852 bits per heavy atom. The van der Waals surface area contributed by atoms with Gasteiger partial charge in [-0.15, -0.1) is 0 Å². The van der Waals surface area contributed by atoms with Crippen molar-refractivity contribution in [2.45, 2.75) is 77.1 Å². The molecular formula is C24H40O3. The topological polar surface area (TPSA) is 27.7 Å². The Kier molecular flexibility index (Phi) is 12.3. The molecule has 0 aliphatic rings. The Labute approximate surface area is 167 Å². The summed E-state index contributed by atoms with van der Waals surface area (Å²) in [4.78, 5) is 0. The van der Waals surface area contributed by atoms with E-state index in [1.165, 1.54) is 44.1 Å². The highest BCUT2D eigenvalue weighted by Crippen LogP contribution is 2.32. The standard InChI is InChI=1S/C24H40O3/c1-6-8-9-10-11-12-15-23(24(25-3,26-4)27-5)16-13-14-22-19-17-21(7-2)18-20-22/h7,17-20,23H,2,6,8-16H2,1,3-5H3. The summed E-state index contributed by atoms with van der Waals surface area (Å²) < 4.78 is 17.0. The van der Waals surface area contributed by atoms with Crippen molar-refractivity contribution < 1.29 is 14.2 Å². The zero-order chi connectivity index (χ0) is 20.0. The molecule has 0 saturated heterocycles. The molecule has 154 valence electrons. The maximum absolute atomic E-state index is 5.67. The second kappa shape index (κ2) is 13.9. The summed E-state index contributed by atoms with van der Waals surface area (Å²) in [5.41, 5.74) is 2.52. The molecule has 0 spiro atoms. The number of rotatable bonds is 16. The van der Waals surface area contributed by atoms with E-state index in [1.54, 1.807) is 21.3 Å². The molecule has 1 unspecified atom stereocenters. The van der Waals surface area contributed by atoms with Crippen LogP contribution >= 0.6 is 0 Å². The minimum absolute atomic E-state index is 0.233. The molecule has 1 atom stereocenters. The second-order valence-electron chi connectivity index (χ2n) is 7.31. The quantitative estimate of drug-likeness (QED) is 0.240. The SMILES string of the molecule is C=Cc1ccc(CCCC(CCCCCCCC)C(OC)(OC)OC)cc1. The third-order valence-electron chi connectivity index (χ3n) is 5.49. The molecule has 3 heteroatoms. The fraction of sp³-hybridized carbons (Fsp3) is 0.667. The minimum Gasteiger partial charge on any atom is -0.331 e. The van der Waals surface area contributed by atoms with E-state index in [2.05, 4.69) is 37.8 Å². The third kappa shape index (κ3) is 8.16. The number of unbranched alkanes of at least 4 members (excludes halogenated alkanes) is 5. The lowest BCUT2D eigenvalue weighted by Crippen LogP contribution is -2.44. The first-order valence-corrected chi connectivity index (χ1v) is 10.5. The average Bonchev–Trinajstić information content (AvgIpc) is 2.72. The smallest absolute Gasteiger partial charge is 0.285 e. The van der Waals surface area contributed by atoms with E-state index >= 15 is 0 Å². The summed E-state index contributed by atoms with van der Waals surface area (Å²) in [6, 6.07) is 8.63. The molecule has 3 nitrogen and oxygen atoms in total. The van der Waals surface area contributed by atoms with Crippen molar-refractivity contribution >= 4 is 6.08 Å². The first-order chi connectivity index (χ1) is 13.2. The summed E-state index contributed by atoms with van der Waals surface area (Å²) in [7, 11) is 5.03. The van der Waals surface area contributed by atoms with Crippen LogP contribution in [0.5, 0.6) is 0 Å². The summed E-state index contributed by atoms with van der Waals surface area (Å²) in [5, 5.41) is 0. The van der Waals surface area contributed by atoms with Crippen molar-refractivity contribution in [1.82, 2.24) is 0 Å². The highest BCUT2D eigenvalue weighted by molar-refractivity contribution is 5.47. The van der Waals surface area contributed by atoms with Crippen LogP contribution in [-0.4, -0.2) is 27.3 Å². The lowest BCUT2D eigenvalue weighted by molar-refractivity contribution is -0.380. The van der Waals surface area contributed by atoms with E-state index in [4.69, 9.17) is 14.2 Å². The van der Waals surface area contributed by atoms with Gasteiger partial charge in [0.1, 0.15) is 0 Å². The number of hydrogen-bond acceptors (Lipinski definition) is 3. The lowest BCUT2D eigenvalue weighted by atomic mass is 9.91. The fourth-order valence-electron chi connectivity index (χ4n) is 3.79. The van der Waals surface area contributed by atoms with Crippen LogP contribution in [0.3, 0.4) is 0 Å². The van der Waals surface area contributed by atoms with Gasteiger partial charge < -0.3 is 14.2 Å². The maximum atomic E-state index is 5.67. The molecule has 0 bridgehead atoms. The van der Waals surface area contributed by atoms with Crippen molar-refractivity contribution in [3.63, 3.8) is 0 Å². The van der Waals surface area contributed by atoms with Gasteiger partial charge >= 0.3 is 0 Å². The number of hydrogen-bond donors (Lipinski definition) is 0. The fourth-order valence-corrected chi connectivity index (χ4v) is 3.79. The average molecular weight is 377 g/mol. The summed E-state index contributed by atoms with van der Waals surface area (Å²) in [6.45, 7) is 6.07. The van der Waals surface area contributed by atoms with Gasteiger partial charge in [-0.3, -0.25) is 0 Å². The zero-order valence-electron chi connectivity index (χ0n) is 18.0. The van der Waals surface area contributed by atoms with Gasteiger partial charge in [0.05, 0.1) is 0 Å². The summed E-state index contributed by atoms with van der Waals surface area (Å²) >= 11 is 0. The molecule has 0 amide bonds. The molecule has 1 rings (SSSR count). The normalized spacial score (nSPS) is 12.9. The Bertz CT molecular complexity index is 483. The van der Waals surface area contributed by atoms with E-state index < -0.39 is 5.97 Å². The molecule has 0 fully saturated rings. The Morgan fingerprint density at radius 2 is 1.41 bits per heavy atom. The largest absolute Gasteiger partial charge is 0.331 e. The predicted octanol–water partition coefficient (Wildman–Crippen LogP) is 6.61. The number of aryl methyl sites for hydroxylation is 1. The van der Waals surface area contributed by atoms with Crippen LogP contribution in [0.4, 0.5) is 0 Å². The van der Waals surface area contributed by atoms with Crippen molar-refractivity contribution in [2.75, 3.05) is 21.3 Å². The zero-order valence-corrected chi connectivity index (χ0v) is 18.0. The van der Waals surface area contributed by atoms with Crippen molar-refractivity contribution in [2.24, 2.45) is 5.92 Å². The number of methoxy groups -OCH3 is 3. The Balaban J connectivity index is 2.57. The molecule has 0 saturated carbocycles. The van der Waals surface area contributed by atoms with Crippen LogP contribution in [0.25, 0.3) is 6.08 Å². The van der Waals surface area contributed by atoms with Crippen LogP contribution in [0.15, 0.2) is 30.8 Å². The van der Waals surface area contributed by atoms with Gasteiger partial charge in [-0.05, 0) is 36.8 Å². The highest BCUT2D eigenvalue weighted by atomic mass is 16.9. The predicted molar refractivity (Wildman–Crippen MR) is 115 cm³/mol. The minimum atomic E-state index is -0.934. The van der Waals surface area contributed by atoms with Gasteiger partial charge in [-0.1, -0.05) is 82.4 Å². The van der Waals surface area contributed by atoms with Gasteiger partial charge in [0.2, 0.25) is 0 Å². The van der Waals surface area contributed by atoms with Crippen LogP contribution < -0.4 is 0 Å². The Morgan fingerprint density at radius 3 is 1.96 bits per heavy atom. The molecule has 0 heterocycles. The van der Waals surface area contributed by atoms with E-state index in [0.29, 0.717) is 0 Å². The highest BCUT2D eigenvalue weighted by Gasteiger charge is 2.39. The van der Waals surface area contributed by atoms with Crippen molar-refractivity contribution in [3.05, 3.63) is 42.0 Å². The van der Waals surface area contributed by atoms with E-state index in [9.17, 15) is 0 Å². The molecule has 27 heavy (non-hydrogen) atoms. The molecular weight excluding hydrogens is 336 g/mol. The van der Waals surface area contributed by atoms with E-state index in [-0.39, 0.29) is 5.92 Å².